The molecule has 0 aliphatic rings. The van der Waals surface area contributed by atoms with Gasteiger partial charge in [0.25, 0.3) is 0 Å². The van der Waals surface area contributed by atoms with Crippen molar-refractivity contribution in [3.63, 3.8) is 0 Å². The predicted octanol–water partition coefficient (Wildman–Crippen LogP) is 4.36. The van der Waals surface area contributed by atoms with E-state index in [1.165, 1.54) is 0 Å². The Labute approximate surface area is 158 Å². The van der Waals surface area contributed by atoms with Crippen LogP contribution in [0.5, 0.6) is 0 Å². The molecule has 132 valence electrons. The maximum absolute atomic E-state index is 12.4. The van der Waals surface area contributed by atoms with Crippen LogP contribution < -0.4 is 10.6 Å². The summed E-state index contributed by atoms with van der Waals surface area (Å²) in [6.45, 7) is 2.09. The molecular weight excluding hydrogens is 346 g/mol. The van der Waals surface area contributed by atoms with Crippen LogP contribution in [0.15, 0.2) is 72.9 Å². The molecule has 0 fully saturated rings. The molecule has 2 aromatic carbocycles. The van der Waals surface area contributed by atoms with Crippen LogP contribution in [-0.2, 0) is 4.79 Å². The topological polar surface area (TPSA) is 54.0 Å². The van der Waals surface area contributed by atoms with E-state index in [4.69, 9.17) is 11.6 Å². The van der Waals surface area contributed by atoms with Crippen molar-refractivity contribution in [2.45, 2.75) is 13.0 Å². The molecule has 1 unspecified atom stereocenters. The van der Waals surface area contributed by atoms with Crippen LogP contribution in [0.1, 0.15) is 22.9 Å². The molecule has 0 aliphatic heterocycles. The molecule has 4 nitrogen and oxygen atoms in total. The summed E-state index contributed by atoms with van der Waals surface area (Å²) in [6, 6.07) is 21.1. The van der Waals surface area contributed by atoms with Crippen molar-refractivity contribution in [2.75, 3.05) is 11.9 Å². The van der Waals surface area contributed by atoms with E-state index in [9.17, 15) is 4.79 Å². The Kier molecular flexibility index (Phi) is 6.00. The number of nitrogens with zero attached hydrogens (tertiary/aromatic N) is 1. The van der Waals surface area contributed by atoms with Gasteiger partial charge in [0.1, 0.15) is 0 Å². The molecule has 3 aromatic rings. The number of carbonyl (C=O) groups is 1. The van der Waals surface area contributed by atoms with Gasteiger partial charge in [0.05, 0.1) is 29.0 Å². The summed E-state index contributed by atoms with van der Waals surface area (Å²) in [4.78, 5) is 16.8. The SMILES string of the molecule is Cc1ccc(NC(=O)CNC(c2ccccc2)c2ccccn2)c(Cl)c1. The maximum Gasteiger partial charge on any atom is 0.238 e. The van der Waals surface area contributed by atoms with Gasteiger partial charge in [0.2, 0.25) is 5.91 Å². The summed E-state index contributed by atoms with van der Waals surface area (Å²) < 4.78 is 0. The predicted molar refractivity (Wildman–Crippen MR) is 105 cm³/mol. The Morgan fingerprint density at radius 3 is 2.54 bits per heavy atom. The monoisotopic (exact) mass is 365 g/mol. The molecule has 0 aliphatic carbocycles. The highest BCUT2D eigenvalue weighted by atomic mass is 35.5. The first kappa shape index (κ1) is 18.1. The summed E-state index contributed by atoms with van der Waals surface area (Å²) in [7, 11) is 0. The number of carbonyl (C=O) groups excluding carboxylic acids is 1. The van der Waals surface area contributed by atoms with Gasteiger partial charge in [-0.3, -0.25) is 15.1 Å². The second-order valence-corrected chi connectivity index (χ2v) is 6.42. The smallest absolute Gasteiger partial charge is 0.238 e. The fraction of sp³-hybridized carbons (Fsp3) is 0.143. The average Bonchev–Trinajstić information content (AvgIpc) is 2.66. The Morgan fingerprint density at radius 1 is 1.08 bits per heavy atom. The molecule has 3 rings (SSSR count). The third-order valence-electron chi connectivity index (χ3n) is 3.98. The lowest BCUT2D eigenvalue weighted by atomic mass is 10.0. The summed E-state index contributed by atoms with van der Waals surface area (Å²) in [5.74, 6) is -0.160. The van der Waals surface area contributed by atoms with E-state index in [2.05, 4.69) is 15.6 Å². The van der Waals surface area contributed by atoms with Crippen molar-refractivity contribution in [3.8, 4) is 0 Å². The Balaban J connectivity index is 1.71. The van der Waals surface area contributed by atoms with Crippen molar-refractivity contribution in [1.82, 2.24) is 10.3 Å². The average molecular weight is 366 g/mol. The zero-order valence-corrected chi connectivity index (χ0v) is 15.2. The first-order valence-corrected chi connectivity index (χ1v) is 8.76. The van der Waals surface area contributed by atoms with Crippen LogP contribution in [-0.4, -0.2) is 17.4 Å². The number of rotatable bonds is 6. The summed E-state index contributed by atoms with van der Waals surface area (Å²) >= 11 is 6.18. The third-order valence-corrected chi connectivity index (χ3v) is 4.29. The molecule has 1 heterocycles. The second-order valence-electron chi connectivity index (χ2n) is 6.01. The lowest BCUT2D eigenvalue weighted by molar-refractivity contribution is -0.115. The molecule has 1 atom stereocenters. The fourth-order valence-electron chi connectivity index (χ4n) is 2.70. The number of amides is 1. The van der Waals surface area contributed by atoms with E-state index in [-0.39, 0.29) is 18.5 Å². The molecular formula is C21H20ClN3O. The van der Waals surface area contributed by atoms with E-state index in [1.54, 1.807) is 6.20 Å². The molecule has 0 saturated heterocycles. The van der Waals surface area contributed by atoms with Gasteiger partial charge >= 0.3 is 0 Å². The molecule has 5 heteroatoms. The molecule has 2 N–H and O–H groups in total. The zero-order chi connectivity index (χ0) is 18.4. The zero-order valence-electron chi connectivity index (χ0n) is 14.4. The van der Waals surface area contributed by atoms with Gasteiger partial charge < -0.3 is 5.32 Å². The number of aromatic nitrogens is 1. The standard InChI is InChI=1S/C21H20ClN3O/c1-15-10-11-18(17(22)13-15)25-20(26)14-24-21(16-7-3-2-4-8-16)19-9-5-6-12-23-19/h2-13,21,24H,14H2,1H3,(H,25,26). The fourth-order valence-corrected chi connectivity index (χ4v) is 2.98. The number of anilines is 1. The van der Waals surface area contributed by atoms with Crippen molar-refractivity contribution in [2.24, 2.45) is 0 Å². The van der Waals surface area contributed by atoms with Crippen LogP contribution in [0.25, 0.3) is 0 Å². The highest BCUT2D eigenvalue weighted by molar-refractivity contribution is 6.33. The molecule has 1 aromatic heterocycles. The van der Waals surface area contributed by atoms with E-state index in [1.807, 2.05) is 73.7 Å². The Bertz CT molecular complexity index is 829. The van der Waals surface area contributed by atoms with Gasteiger partial charge in [-0.25, -0.2) is 0 Å². The minimum absolute atomic E-state index is 0.139. The number of nitrogens with one attached hydrogen (secondary N) is 2. The van der Waals surface area contributed by atoms with Gasteiger partial charge in [0.15, 0.2) is 0 Å². The van der Waals surface area contributed by atoms with Gasteiger partial charge in [0, 0.05) is 6.20 Å². The Hall–Kier alpha value is -2.69. The first-order valence-electron chi connectivity index (χ1n) is 8.39. The van der Waals surface area contributed by atoms with E-state index in [0.29, 0.717) is 10.7 Å². The van der Waals surface area contributed by atoms with Crippen LogP contribution in [0.3, 0.4) is 0 Å². The lowest BCUT2D eigenvalue weighted by Gasteiger charge is -2.19. The Morgan fingerprint density at radius 2 is 1.85 bits per heavy atom. The van der Waals surface area contributed by atoms with Gasteiger partial charge in [-0.15, -0.1) is 0 Å². The molecule has 26 heavy (non-hydrogen) atoms. The minimum atomic E-state index is -0.170. The minimum Gasteiger partial charge on any atom is -0.324 e. The number of hydrogen-bond acceptors (Lipinski definition) is 3. The van der Waals surface area contributed by atoms with Crippen molar-refractivity contribution < 1.29 is 4.79 Å². The molecule has 0 radical (unpaired) electrons. The molecule has 0 bridgehead atoms. The van der Waals surface area contributed by atoms with E-state index < -0.39 is 0 Å². The van der Waals surface area contributed by atoms with Crippen molar-refractivity contribution >= 4 is 23.2 Å². The van der Waals surface area contributed by atoms with E-state index >= 15 is 0 Å². The first-order chi connectivity index (χ1) is 12.6. The normalized spacial score (nSPS) is 11.8. The summed E-state index contributed by atoms with van der Waals surface area (Å²) in [5, 5.41) is 6.66. The lowest BCUT2D eigenvalue weighted by Crippen LogP contribution is -2.32. The van der Waals surface area contributed by atoms with E-state index in [0.717, 1.165) is 16.8 Å². The van der Waals surface area contributed by atoms with Gasteiger partial charge in [-0.05, 0) is 42.3 Å². The highest BCUT2D eigenvalue weighted by Gasteiger charge is 2.16. The molecule has 1 amide bonds. The molecule has 0 saturated carbocycles. The van der Waals surface area contributed by atoms with Crippen molar-refractivity contribution in [3.05, 3.63) is 94.8 Å². The summed E-state index contributed by atoms with van der Waals surface area (Å²) in [6.07, 6.45) is 1.75. The van der Waals surface area contributed by atoms with Gasteiger partial charge in [-0.2, -0.15) is 0 Å². The number of benzene rings is 2. The molecule has 0 spiro atoms. The van der Waals surface area contributed by atoms with Crippen LogP contribution in [0, 0.1) is 6.92 Å². The summed E-state index contributed by atoms with van der Waals surface area (Å²) in [5.41, 5.74) is 3.57. The number of pyridine rings is 1. The largest absolute Gasteiger partial charge is 0.324 e. The number of hydrogen-bond donors (Lipinski definition) is 2. The quantitative estimate of drug-likeness (QED) is 0.682. The third kappa shape index (κ3) is 4.69. The highest BCUT2D eigenvalue weighted by Crippen LogP contribution is 2.23. The number of aryl methyl sites for hydroxylation is 1. The van der Waals surface area contributed by atoms with Gasteiger partial charge in [-0.1, -0.05) is 54.1 Å². The van der Waals surface area contributed by atoms with Crippen LogP contribution in [0.2, 0.25) is 5.02 Å². The van der Waals surface area contributed by atoms with Crippen LogP contribution >= 0.6 is 11.6 Å². The van der Waals surface area contributed by atoms with Crippen LogP contribution in [0.4, 0.5) is 5.69 Å². The van der Waals surface area contributed by atoms with Crippen molar-refractivity contribution in [1.29, 1.82) is 0 Å². The maximum atomic E-state index is 12.4. The number of halogens is 1. The second kappa shape index (κ2) is 8.61.